The highest BCUT2D eigenvalue weighted by Gasteiger charge is 2.49. The molecule has 1 aliphatic rings. The molecule has 10 nitrogen and oxygen atoms in total. The summed E-state index contributed by atoms with van der Waals surface area (Å²) in [5.74, 6) is -2.10. The molecule has 0 spiro atoms. The zero-order valence-electron chi connectivity index (χ0n) is 17.5. The van der Waals surface area contributed by atoms with Crippen molar-refractivity contribution in [1.82, 2.24) is 19.6 Å². The first-order chi connectivity index (χ1) is 16.0. The van der Waals surface area contributed by atoms with Gasteiger partial charge in [0.1, 0.15) is 17.2 Å². The lowest BCUT2D eigenvalue weighted by Crippen LogP contribution is -2.30. The Bertz CT molecular complexity index is 1340. The number of anilines is 1. The van der Waals surface area contributed by atoms with Crippen molar-refractivity contribution < 1.29 is 39.7 Å². The zero-order chi connectivity index (χ0) is 24.7. The van der Waals surface area contributed by atoms with E-state index in [4.69, 9.17) is 4.74 Å². The van der Waals surface area contributed by atoms with Gasteiger partial charge in [0, 0.05) is 18.3 Å². The van der Waals surface area contributed by atoms with Crippen LogP contribution in [-0.4, -0.2) is 52.6 Å². The van der Waals surface area contributed by atoms with Crippen molar-refractivity contribution in [2.45, 2.75) is 31.3 Å². The van der Waals surface area contributed by atoms with Crippen molar-refractivity contribution in [2.24, 2.45) is 0 Å². The molecule has 1 fully saturated rings. The molecule has 0 saturated carbocycles. The van der Waals surface area contributed by atoms with Crippen molar-refractivity contribution in [2.75, 3.05) is 18.1 Å². The van der Waals surface area contributed by atoms with Crippen LogP contribution in [0.1, 0.15) is 41.7 Å². The minimum absolute atomic E-state index is 0.104. The van der Waals surface area contributed by atoms with E-state index in [1.807, 2.05) is 0 Å². The molecule has 1 aliphatic heterocycles. The fourth-order valence-corrected chi connectivity index (χ4v) is 4.08. The van der Waals surface area contributed by atoms with Gasteiger partial charge in [-0.15, -0.1) is 0 Å². The average Bonchev–Trinajstić information content (AvgIpc) is 3.41. The highest BCUT2D eigenvalue weighted by atomic mass is 32.2. The number of esters is 1. The summed E-state index contributed by atoms with van der Waals surface area (Å²) in [6.07, 6.45) is 4.22. The summed E-state index contributed by atoms with van der Waals surface area (Å²) in [6.45, 7) is 2.14. The van der Waals surface area contributed by atoms with Crippen LogP contribution in [0.15, 0.2) is 30.7 Å². The van der Waals surface area contributed by atoms with Gasteiger partial charge in [-0.05, 0) is 31.9 Å². The lowest BCUT2D eigenvalue weighted by atomic mass is 10.1. The second-order valence-electron chi connectivity index (χ2n) is 7.22. The second-order valence-corrected chi connectivity index (χ2v) is 8.75. The van der Waals surface area contributed by atoms with Crippen LogP contribution in [0.5, 0.6) is 5.88 Å². The molecule has 4 heterocycles. The molecule has 34 heavy (non-hydrogen) atoms. The Hall–Kier alpha value is -3.49. The van der Waals surface area contributed by atoms with E-state index in [1.54, 1.807) is 17.9 Å². The minimum atomic E-state index is -6.02. The fraction of sp³-hybridized carbons (Fsp3) is 0.368. The molecule has 182 valence electrons. The van der Waals surface area contributed by atoms with E-state index < -0.39 is 39.3 Å². The summed E-state index contributed by atoms with van der Waals surface area (Å²) in [7, 11) is -6.02. The van der Waals surface area contributed by atoms with E-state index in [9.17, 15) is 30.8 Å². The number of alkyl halides is 3. The lowest BCUT2D eigenvalue weighted by molar-refractivity contribution is -0.0501. The van der Waals surface area contributed by atoms with E-state index in [2.05, 4.69) is 19.2 Å². The number of nitrogens with zero attached hydrogens (tertiary/aromatic N) is 5. The number of rotatable bonds is 6. The van der Waals surface area contributed by atoms with Crippen LogP contribution in [0.25, 0.3) is 5.65 Å². The van der Waals surface area contributed by atoms with Crippen LogP contribution >= 0.6 is 0 Å². The van der Waals surface area contributed by atoms with Gasteiger partial charge in [0.15, 0.2) is 5.65 Å². The van der Waals surface area contributed by atoms with E-state index in [0.717, 1.165) is 6.07 Å². The molecule has 1 atom stereocenters. The third-order valence-electron chi connectivity index (χ3n) is 5.07. The highest BCUT2D eigenvalue weighted by Crippen LogP contribution is 2.40. The number of pyridine rings is 1. The lowest BCUT2D eigenvalue weighted by Gasteiger charge is -2.27. The van der Waals surface area contributed by atoms with Gasteiger partial charge < -0.3 is 13.8 Å². The number of carbonyl (C=O) groups is 1. The molecule has 0 amide bonds. The van der Waals surface area contributed by atoms with E-state index in [1.165, 1.54) is 16.9 Å². The summed E-state index contributed by atoms with van der Waals surface area (Å²) in [5.41, 5.74) is -5.60. The second kappa shape index (κ2) is 8.70. The van der Waals surface area contributed by atoms with Gasteiger partial charge in [-0.25, -0.2) is 23.7 Å². The normalized spacial score (nSPS) is 16.7. The van der Waals surface area contributed by atoms with Crippen molar-refractivity contribution in [3.63, 3.8) is 0 Å². The Morgan fingerprint density at radius 3 is 2.76 bits per heavy atom. The summed E-state index contributed by atoms with van der Waals surface area (Å²) < 4.78 is 86.2. The quantitative estimate of drug-likeness (QED) is 0.217. The minimum Gasteiger partial charge on any atom is -0.462 e. The molecule has 0 aromatic carbocycles. The first kappa shape index (κ1) is 23.7. The predicted molar refractivity (Wildman–Crippen MR) is 108 cm³/mol. The predicted octanol–water partition coefficient (Wildman–Crippen LogP) is 3.01. The van der Waals surface area contributed by atoms with Gasteiger partial charge in [0.25, 0.3) is 0 Å². The maximum atomic E-state index is 14.0. The Labute approximate surface area is 190 Å². The van der Waals surface area contributed by atoms with Gasteiger partial charge in [0.2, 0.25) is 5.88 Å². The Morgan fingerprint density at radius 2 is 2.06 bits per heavy atom. The Kier molecular flexibility index (Phi) is 6.05. The van der Waals surface area contributed by atoms with Crippen LogP contribution in [0.2, 0.25) is 0 Å². The largest absolute Gasteiger partial charge is 0.534 e. The third-order valence-corrected chi connectivity index (χ3v) is 6.02. The van der Waals surface area contributed by atoms with E-state index in [-0.39, 0.29) is 23.4 Å². The summed E-state index contributed by atoms with van der Waals surface area (Å²) in [5, 5.41) is 4.04. The monoisotopic (exact) mass is 503 g/mol. The first-order valence-electron chi connectivity index (χ1n) is 9.96. The molecular weight excluding hydrogens is 486 g/mol. The van der Waals surface area contributed by atoms with Gasteiger partial charge in [-0.2, -0.15) is 26.7 Å². The van der Waals surface area contributed by atoms with Crippen molar-refractivity contribution in [3.05, 3.63) is 47.7 Å². The van der Waals surface area contributed by atoms with Crippen LogP contribution in [0.4, 0.5) is 23.4 Å². The Balaban J connectivity index is 1.74. The standard InChI is InChI=1S/C19H17F4N5O5S/c1-2-32-18(29)13-10-25-28-7-5-15(26-16(13)28)27-6-3-4-14(27)12-8-11(20)9-24-17(12)33-34(30,31)19(21,22)23/h5,7-10,14H,2-4,6H2,1H3. The SMILES string of the molecule is CCOC(=O)c1cnn2ccc(N3CCCC3c3cc(F)cnc3OS(=O)(=O)C(F)(F)F)nc12. The average molecular weight is 503 g/mol. The summed E-state index contributed by atoms with van der Waals surface area (Å²) in [4.78, 5) is 21.7. The summed E-state index contributed by atoms with van der Waals surface area (Å²) >= 11 is 0. The molecule has 0 aliphatic carbocycles. The molecule has 0 N–H and O–H groups in total. The number of halogens is 4. The molecule has 1 unspecified atom stereocenters. The third kappa shape index (κ3) is 4.34. The molecule has 0 radical (unpaired) electrons. The number of fused-ring (bicyclic) bond motifs is 1. The van der Waals surface area contributed by atoms with Crippen molar-refractivity contribution in [3.8, 4) is 5.88 Å². The Morgan fingerprint density at radius 1 is 1.29 bits per heavy atom. The van der Waals surface area contributed by atoms with Gasteiger partial charge >= 0.3 is 21.6 Å². The molecule has 3 aromatic rings. The van der Waals surface area contributed by atoms with Gasteiger partial charge in [0.05, 0.1) is 25.0 Å². The fourth-order valence-electron chi connectivity index (χ4n) is 3.64. The van der Waals surface area contributed by atoms with Crippen LogP contribution in [-0.2, 0) is 14.9 Å². The summed E-state index contributed by atoms with van der Waals surface area (Å²) in [6, 6.07) is 1.62. The number of hydrogen-bond acceptors (Lipinski definition) is 9. The number of hydrogen-bond donors (Lipinski definition) is 0. The van der Waals surface area contributed by atoms with Crippen LogP contribution in [0, 0.1) is 5.82 Å². The molecule has 15 heteroatoms. The number of aromatic nitrogens is 4. The van der Waals surface area contributed by atoms with Crippen molar-refractivity contribution >= 4 is 27.6 Å². The zero-order valence-corrected chi connectivity index (χ0v) is 18.3. The van der Waals surface area contributed by atoms with E-state index in [0.29, 0.717) is 31.4 Å². The van der Waals surface area contributed by atoms with Crippen molar-refractivity contribution in [1.29, 1.82) is 0 Å². The topological polar surface area (TPSA) is 116 Å². The van der Waals surface area contributed by atoms with E-state index >= 15 is 0 Å². The van der Waals surface area contributed by atoms with Gasteiger partial charge in [-0.3, -0.25) is 0 Å². The maximum Gasteiger partial charge on any atom is 0.534 e. The molecular formula is C19H17F4N5O5S. The molecule has 4 rings (SSSR count). The molecule has 1 saturated heterocycles. The molecule has 3 aromatic heterocycles. The maximum absolute atomic E-state index is 14.0. The highest BCUT2D eigenvalue weighted by molar-refractivity contribution is 7.87. The number of ether oxygens (including phenoxy) is 1. The van der Waals surface area contributed by atoms with Crippen LogP contribution < -0.4 is 9.08 Å². The first-order valence-corrected chi connectivity index (χ1v) is 11.4. The van der Waals surface area contributed by atoms with Gasteiger partial charge in [-0.1, -0.05) is 0 Å². The van der Waals surface area contributed by atoms with Crippen LogP contribution in [0.3, 0.4) is 0 Å². The number of carbonyl (C=O) groups excluding carboxylic acids is 1. The molecule has 0 bridgehead atoms. The smallest absolute Gasteiger partial charge is 0.462 e.